The first kappa shape index (κ1) is 14.9. The van der Waals surface area contributed by atoms with Gasteiger partial charge in [0, 0.05) is 0 Å². The summed E-state index contributed by atoms with van der Waals surface area (Å²) in [6.45, 7) is 2.02. The Morgan fingerprint density at radius 2 is 1.70 bits per heavy atom. The molecule has 4 heteroatoms. The number of halogens is 3. The lowest BCUT2D eigenvalue weighted by atomic mass is 9.93. The summed E-state index contributed by atoms with van der Waals surface area (Å²) in [5.41, 5.74) is 6.31. The fourth-order valence-electron chi connectivity index (χ4n) is 2.35. The Morgan fingerprint density at radius 3 is 2.25 bits per heavy atom. The van der Waals surface area contributed by atoms with E-state index >= 15 is 0 Å². The van der Waals surface area contributed by atoms with E-state index in [1.54, 1.807) is 6.07 Å². The van der Waals surface area contributed by atoms with E-state index in [9.17, 15) is 13.2 Å². The molecule has 0 saturated carbocycles. The van der Waals surface area contributed by atoms with Crippen molar-refractivity contribution in [2.24, 2.45) is 5.73 Å². The normalized spacial score (nSPS) is 13.7. The molecule has 20 heavy (non-hydrogen) atoms. The van der Waals surface area contributed by atoms with Crippen molar-refractivity contribution < 1.29 is 13.2 Å². The standard InChI is InChI=1S/C16H18F3N/c1-2-3-6-13-9-11-7-4-5-8-12(11)10-14(13)15(20)16(17,18)19/h4-5,7-10,15H,2-3,6,20H2,1H3/t15-/m0/s1. The number of rotatable bonds is 4. The van der Waals surface area contributed by atoms with Crippen LogP contribution in [0.4, 0.5) is 13.2 Å². The van der Waals surface area contributed by atoms with E-state index in [0.717, 1.165) is 23.6 Å². The molecule has 0 saturated heterocycles. The molecule has 2 rings (SSSR count). The molecule has 1 nitrogen and oxygen atoms in total. The van der Waals surface area contributed by atoms with Crippen LogP contribution in [0.3, 0.4) is 0 Å². The largest absolute Gasteiger partial charge is 0.407 e. The second-order valence-corrected chi connectivity index (χ2v) is 5.02. The van der Waals surface area contributed by atoms with Crippen LogP contribution in [0.1, 0.15) is 36.9 Å². The van der Waals surface area contributed by atoms with Crippen LogP contribution in [0.2, 0.25) is 0 Å². The van der Waals surface area contributed by atoms with Gasteiger partial charge in [-0.2, -0.15) is 13.2 Å². The molecule has 108 valence electrons. The Bertz CT molecular complexity index is 590. The molecule has 2 aromatic rings. The second-order valence-electron chi connectivity index (χ2n) is 5.02. The molecule has 0 spiro atoms. The molecule has 2 aromatic carbocycles. The Morgan fingerprint density at radius 1 is 1.10 bits per heavy atom. The number of hydrogen-bond donors (Lipinski definition) is 1. The van der Waals surface area contributed by atoms with Gasteiger partial charge in [0.15, 0.2) is 0 Å². The number of fused-ring (bicyclic) bond motifs is 1. The number of nitrogens with two attached hydrogens (primary N) is 1. The van der Waals surface area contributed by atoms with Gasteiger partial charge in [-0.1, -0.05) is 43.7 Å². The third-order valence-corrected chi connectivity index (χ3v) is 3.49. The summed E-state index contributed by atoms with van der Waals surface area (Å²) in [6, 6.07) is 8.93. The molecule has 1 atom stereocenters. The first-order valence-corrected chi connectivity index (χ1v) is 6.77. The van der Waals surface area contributed by atoms with Crippen LogP contribution in [-0.2, 0) is 6.42 Å². The van der Waals surface area contributed by atoms with Crippen LogP contribution in [0.15, 0.2) is 36.4 Å². The molecule has 0 amide bonds. The summed E-state index contributed by atoms with van der Waals surface area (Å²) in [6.07, 6.45) is -1.99. The molecule has 0 aromatic heterocycles. The van der Waals surface area contributed by atoms with E-state index in [2.05, 4.69) is 0 Å². The number of alkyl halides is 3. The van der Waals surface area contributed by atoms with Crippen molar-refractivity contribution in [3.63, 3.8) is 0 Å². The minimum absolute atomic E-state index is 0.199. The average molecular weight is 281 g/mol. The quantitative estimate of drug-likeness (QED) is 0.860. The maximum absolute atomic E-state index is 12.9. The van der Waals surface area contributed by atoms with Crippen molar-refractivity contribution in [3.8, 4) is 0 Å². The SMILES string of the molecule is CCCCc1cc2ccccc2cc1[C@H](N)C(F)(F)F. The summed E-state index contributed by atoms with van der Waals surface area (Å²) in [5, 5.41) is 1.75. The first-order valence-electron chi connectivity index (χ1n) is 6.77. The molecule has 0 bridgehead atoms. The predicted molar refractivity (Wildman–Crippen MR) is 75.5 cm³/mol. The van der Waals surface area contributed by atoms with Gasteiger partial charge in [-0.3, -0.25) is 0 Å². The van der Waals surface area contributed by atoms with Gasteiger partial charge in [-0.25, -0.2) is 0 Å². The van der Waals surface area contributed by atoms with Crippen molar-refractivity contribution in [1.29, 1.82) is 0 Å². The molecule has 0 fully saturated rings. The van der Waals surface area contributed by atoms with Crippen LogP contribution in [0, 0.1) is 0 Å². The summed E-state index contributed by atoms with van der Waals surface area (Å²) in [5.74, 6) is 0. The molecule has 0 aliphatic heterocycles. The summed E-state index contributed by atoms with van der Waals surface area (Å²) >= 11 is 0. The van der Waals surface area contributed by atoms with Crippen molar-refractivity contribution >= 4 is 10.8 Å². The lowest BCUT2D eigenvalue weighted by Gasteiger charge is -2.20. The summed E-state index contributed by atoms with van der Waals surface area (Å²) in [4.78, 5) is 0. The predicted octanol–water partition coefficient (Wildman–Crippen LogP) is 4.74. The topological polar surface area (TPSA) is 26.0 Å². The lowest BCUT2D eigenvalue weighted by molar-refractivity contribution is -0.149. The van der Waals surface area contributed by atoms with Crippen molar-refractivity contribution in [3.05, 3.63) is 47.5 Å². The maximum Gasteiger partial charge on any atom is 0.407 e. The molecule has 0 aliphatic rings. The van der Waals surface area contributed by atoms with Crippen LogP contribution in [-0.4, -0.2) is 6.18 Å². The Balaban J connectivity index is 2.53. The molecule has 0 aliphatic carbocycles. The third-order valence-electron chi connectivity index (χ3n) is 3.49. The van der Waals surface area contributed by atoms with Crippen molar-refractivity contribution in [2.45, 2.75) is 38.4 Å². The number of hydrogen-bond acceptors (Lipinski definition) is 1. The Labute approximate surface area is 116 Å². The summed E-state index contributed by atoms with van der Waals surface area (Å²) < 4.78 is 38.7. The second kappa shape index (κ2) is 5.83. The average Bonchev–Trinajstić information content (AvgIpc) is 2.42. The molecule has 2 N–H and O–H groups in total. The number of aryl methyl sites for hydroxylation is 1. The van der Waals surface area contributed by atoms with Gasteiger partial charge in [0.05, 0.1) is 0 Å². The van der Waals surface area contributed by atoms with Gasteiger partial charge in [-0.05, 0) is 40.8 Å². The lowest BCUT2D eigenvalue weighted by Crippen LogP contribution is -2.29. The van der Waals surface area contributed by atoms with E-state index in [0.29, 0.717) is 12.0 Å². The molecule has 0 heterocycles. The van der Waals surface area contributed by atoms with Gasteiger partial charge in [-0.15, -0.1) is 0 Å². The van der Waals surface area contributed by atoms with Gasteiger partial charge in [0.2, 0.25) is 0 Å². The van der Waals surface area contributed by atoms with Crippen molar-refractivity contribution in [1.82, 2.24) is 0 Å². The summed E-state index contributed by atoms with van der Waals surface area (Å²) in [7, 11) is 0. The van der Waals surface area contributed by atoms with Gasteiger partial charge in [0.25, 0.3) is 0 Å². The van der Waals surface area contributed by atoms with Crippen LogP contribution >= 0.6 is 0 Å². The molecule has 0 radical (unpaired) electrons. The zero-order valence-corrected chi connectivity index (χ0v) is 11.4. The van der Waals surface area contributed by atoms with Gasteiger partial charge >= 0.3 is 6.18 Å². The monoisotopic (exact) mass is 281 g/mol. The van der Waals surface area contributed by atoms with E-state index in [1.807, 2.05) is 37.3 Å². The maximum atomic E-state index is 12.9. The fourth-order valence-corrected chi connectivity index (χ4v) is 2.35. The molecule has 0 unspecified atom stereocenters. The smallest absolute Gasteiger partial charge is 0.316 e. The van der Waals surface area contributed by atoms with E-state index in [1.165, 1.54) is 0 Å². The highest BCUT2D eigenvalue weighted by atomic mass is 19.4. The van der Waals surface area contributed by atoms with E-state index in [4.69, 9.17) is 5.73 Å². The first-order chi connectivity index (χ1) is 9.43. The number of unbranched alkanes of at least 4 members (excludes halogenated alkanes) is 1. The van der Waals surface area contributed by atoms with E-state index in [-0.39, 0.29) is 5.56 Å². The highest BCUT2D eigenvalue weighted by Crippen LogP contribution is 2.34. The zero-order chi connectivity index (χ0) is 14.8. The molecular weight excluding hydrogens is 263 g/mol. The van der Waals surface area contributed by atoms with Crippen LogP contribution in [0.5, 0.6) is 0 Å². The van der Waals surface area contributed by atoms with Crippen LogP contribution in [0.25, 0.3) is 10.8 Å². The number of benzene rings is 2. The molecular formula is C16H18F3N. The highest BCUT2D eigenvalue weighted by Gasteiger charge is 2.38. The van der Waals surface area contributed by atoms with E-state index < -0.39 is 12.2 Å². The minimum atomic E-state index is -4.41. The fraction of sp³-hybridized carbons (Fsp3) is 0.375. The van der Waals surface area contributed by atoms with Gasteiger partial charge < -0.3 is 5.73 Å². The Kier molecular flexibility index (Phi) is 4.33. The van der Waals surface area contributed by atoms with Crippen molar-refractivity contribution in [2.75, 3.05) is 0 Å². The highest BCUT2D eigenvalue weighted by molar-refractivity contribution is 5.84. The Hall–Kier alpha value is -1.55. The van der Waals surface area contributed by atoms with Crippen LogP contribution < -0.4 is 5.73 Å². The zero-order valence-electron chi connectivity index (χ0n) is 11.4. The third kappa shape index (κ3) is 3.12. The minimum Gasteiger partial charge on any atom is -0.316 e. The van der Waals surface area contributed by atoms with Gasteiger partial charge in [0.1, 0.15) is 6.04 Å².